The van der Waals surface area contributed by atoms with E-state index in [1.807, 2.05) is 31.2 Å². The summed E-state index contributed by atoms with van der Waals surface area (Å²) in [6.07, 6.45) is 4.93. The van der Waals surface area contributed by atoms with Crippen LogP contribution in [0.2, 0.25) is 0 Å². The molecule has 0 saturated heterocycles. The summed E-state index contributed by atoms with van der Waals surface area (Å²) < 4.78 is 5.36. The number of hydrogen-bond acceptors (Lipinski definition) is 3. The number of carbonyl (C=O) groups is 1. The largest absolute Gasteiger partial charge is 0.494 e. The lowest BCUT2D eigenvalue weighted by Crippen LogP contribution is -2.34. The predicted molar refractivity (Wildman–Crippen MR) is 76.5 cm³/mol. The number of hydrogen-bond donors (Lipinski definition) is 2. The molecule has 0 unspecified atom stereocenters. The van der Waals surface area contributed by atoms with Gasteiger partial charge in [0.25, 0.3) is 0 Å². The van der Waals surface area contributed by atoms with Crippen LogP contribution in [0.5, 0.6) is 5.75 Å². The molecule has 0 heterocycles. The number of nitrogens with one attached hydrogen (secondary N) is 2. The second-order valence-corrected chi connectivity index (χ2v) is 4.87. The van der Waals surface area contributed by atoms with Crippen molar-refractivity contribution in [2.45, 2.75) is 38.6 Å². The van der Waals surface area contributed by atoms with Crippen molar-refractivity contribution in [1.82, 2.24) is 5.32 Å². The van der Waals surface area contributed by atoms with Gasteiger partial charge in [-0.2, -0.15) is 0 Å². The highest BCUT2D eigenvalue weighted by Gasteiger charge is 2.15. The van der Waals surface area contributed by atoms with Crippen LogP contribution in [-0.4, -0.2) is 25.1 Å². The van der Waals surface area contributed by atoms with Crippen molar-refractivity contribution in [3.05, 3.63) is 24.3 Å². The van der Waals surface area contributed by atoms with E-state index in [-0.39, 0.29) is 5.91 Å². The van der Waals surface area contributed by atoms with Crippen molar-refractivity contribution in [2.24, 2.45) is 0 Å². The smallest absolute Gasteiger partial charge is 0.238 e. The molecule has 1 aromatic carbocycles. The monoisotopic (exact) mass is 262 g/mol. The lowest BCUT2D eigenvalue weighted by Gasteiger charge is -2.12. The van der Waals surface area contributed by atoms with Gasteiger partial charge in [0.15, 0.2) is 0 Å². The Bertz CT molecular complexity index is 397. The summed E-state index contributed by atoms with van der Waals surface area (Å²) in [6.45, 7) is 2.99. The molecule has 0 atom stereocenters. The van der Waals surface area contributed by atoms with Crippen LogP contribution in [0.4, 0.5) is 5.69 Å². The summed E-state index contributed by atoms with van der Waals surface area (Å²) >= 11 is 0. The SMILES string of the molecule is CCOc1ccc(NC(=O)CNC2CCCC2)cc1. The summed E-state index contributed by atoms with van der Waals surface area (Å²) in [7, 11) is 0. The second-order valence-electron chi connectivity index (χ2n) is 4.87. The number of rotatable bonds is 6. The van der Waals surface area contributed by atoms with Gasteiger partial charge in [-0.15, -0.1) is 0 Å². The first-order valence-corrected chi connectivity index (χ1v) is 7.04. The highest BCUT2D eigenvalue weighted by Crippen LogP contribution is 2.17. The maximum absolute atomic E-state index is 11.8. The molecule has 2 N–H and O–H groups in total. The third-order valence-electron chi connectivity index (χ3n) is 3.36. The lowest BCUT2D eigenvalue weighted by atomic mass is 10.2. The summed E-state index contributed by atoms with van der Waals surface area (Å²) in [5, 5.41) is 6.17. The van der Waals surface area contributed by atoms with Crippen LogP contribution in [0, 0.1) is 0 Å². The van der Waals surface area contributed by atoms with Crippen molar-refractivity contribution in [1.29, 1.82) is 0 Å². The van der Waals surface area contributed by atoms with Crippen molar-refractivity contribution in [3.8, 4) is 5.75 Å². The fraction of sp³-hybridized carbons (Fsp3) is 0.533. The summed E-state index contributed by atoms with van der Waals surface area (Å²) in [5.41, 5.74) is 0.807. The van der Waals surface area contributed by atoms with Gasteiger partial charge in [-0.05, 0) is 44.0 Å². The number of carbonyl (C=O) groups excluding carboxylic acids is 1. The van der Waals surface area contributed by atoms with Crippen LogP contribution < -0.4 is 15.4 Å². The van der Waals surface area contributed by atoms with Gasteiger partial charge in [-0.25, -0.2) is 0 Å². The van der Waals surface area contributed by atoms with Crippen LogP contribution >= 0.6 is 0 Å². The Morgan fingerprint density at radius 2 is 1.95 bits per heavy atom. The van der Waals surface area contributed by atoms with Crippen LogP contribution in [0.1, 0.15) is 32.6 Å². The normalized spacial score (nSPS) is 15.4. The molecule has 19 heavy (non-hydrogen) atoms. The molecule has 1 saturated carbocycles. The highest BCUT2D eigenvalue weighted by atomic mass is 16.5. The Morgan fingerprint density at radius 1 is 1.26 bits per heavy atom. The first-order chi connectivity index (χ1) is 9.28. The molecule has 0 spiro atoms. The van der Waals surface area contributed by atoms with Crippen molar-refractivity contribution < 1.29 is 9.53 Å². The first kappa shape index (κ1) is 13.9. The lowest BCUT2D eigenvalue weighted by molar-refractivity contribution is -0.115. The molecule has 0 aliphatic heterocycles. The zero-order chi connectivity index (χ0) is 13.5. The number of ether oxygens (including phenoxy) is 1. The maximum atomic E-state index is 11.8. The summed E-state index contributed by atoms with van der Waals surface area (Å²) in [6, 6.07) is 7.97. The van der Waals surface area contributed by atoms with E-state index < -0.39 is 0 Å². The first-order valence-electron chi connectivity index (χ1n) is 7.04. The molecule has 1 aliphatic rings. The summed E-state index contributed by atoms with van der Waals surface area (Å²) in [5.74, 6) is 0.834. The highest BCUT2D eigenvalue weighted by molar-refractivity contribution is 5.92. The zero-order valence-corrected chi connectivity index (χ0v) is 11.4. The van der Waals surface area contributed by atoms with E-state index in [0.29, 0.717) is 19.2 Å². The Balaban J connectivity index is 1.74. The molecular weight excluding hydrogens is 240 g/mol. The molecular formula is C15H22N2O2. The van der Waals surface area contributed by atoms with Crippen LogP contribution in [0.3, 0.4) is 0 Å². The van der Waals surface area contributed by atoms with Crippen molar-refractivity contribution >= 4 is 11.6 Å². The van der Waals surface area contributed by atoms with E-state index >= 15 is 0 Å². The number of amides is 1. The molecule has 0 aromatic heterocycles. The molecule has 1 aliphatic carbocycles. The molecule has 0 bridgehead atoms. The minimum atomic E-state index is 0.0102. The van der Waals surface area contributed by atoms with Crippen molar-refractivity contribution in [3.63, 3.8) is 0 Å². The molecule has 1 aromatic rings. The van der Waals surface area contributed by atoms with Crippen LogP contribution in [0.25, 0.3) is 0 Å². The molecule has 2 rings (SSSR count). The number of benzene rings is 1. The topological polar surface area (TPSA) is 50.4 Å². The van der Waals surface area contributed by atoms with E-state index in [4.69, 9.17) is 4.74 Å². The Morgan fingerprint density at radius 3 is 2.58 bits per heavy atom. The standard InChI is InChI=1S/C15H22N2O2/c1-2-19-14-9-7-13(8-10-14)17-15(18)11-16-12-5-3-4-6-12/h7-10,12,16H,2-6,11H2,1H3,(H,17,18). The third kappa shape index (κ3) is 4.56. The molecule has 1 fully saturated rings. The molecule has 1 amide bonds. The molecule has 4 nitrogen and oxygen atoms in total. The van der Waals surface area contributed by atoms with E-state index in [0.717, 1.165) is 11.4 Å². The number of anilines is 1. The Kier molecular flexibility index (Phi) is 5.21. The maximum Gasteiger partial charge on any atom is 0.238 e. The predicted octanol–water partition coefficient (Wildman–Crippen LogP) is 2.56. The summed E-state index contributed by atoms with van der Waals surface area (Å²) in [4.78, 5) is 11.8. The van der Waals surface area contributed by atoms with Crippen LogP contribution in [-0.2, 0) is 4.79 Å². The van der Waals surface area contributed by atoms with Gasteiger partial charge < -0.3 is 15.4 Å². The quantitative estimate of drug-likeness (QED) is 0.828. The average Bonchev–Trinajstić information content (AvgIpc) is 2.92. The van der Waals surface area contributed by atoms with E-state index in [1.54, 1.807) is 0 Å². The fourth-order valence-electron chi connectivity index (χ4n) is 2.37. The van der Waals surface area contributed by atoms with Gasteiger partial charge in [0.05, 0.1) is 13.2 Å². The second kappa shape index (κ2) is 7.14. The Labute approximate surface area is 114 Å². The van der Waals surface area contributed by atoms with Gasteiger partial charge in [0, 0.05) is 11.7 Å². The average molecular weight is 262 g/mol. The van der Waals surface area contributed by atoms with Gasteiger partial charge in [-0.1, -0.05) is 12.8 Å². The minimum Gasteiger partial charge on any atom is -0.494 e. The fourth-order valence-corrected chi connectivity index (χ4v) is 2.37. The Hall–Kier alpha value is -1.55. The molecule has 4 heteroatoms. The van der Waals surface area contributed by atoms with Gasteiger partial charge in [0.1, 0.15) is 5.75 Å². The van der Waals surface area contributed by atoms with E-state index in [2.05, 4.69) is 10.6 Å². The zero-order valence-electron chi connectivity index (χ0n) is 11.4. The molecule has 0 radical (unpaired) electrons. The van der Waals surface area contributed by atoms with E-state index in [9.17, 15) is 4.79 Å². The van der Waals surface area contributed by atoms with Gasteiger partial charge in [-0.3, -0.25) is 4.79 Å². The minimum absolute atomic E-state index is 0.0102. The van der Waals surface area contributed by atoms with Gasteiger partial charge >= 0.3 is 0 Å². The van der Waals surface area contributed by atoms with Crippen molar-refractivity contribution in [2.75, 3.05) is 18.5 Å². The molecule has 104 valence electrons. The van der Waals surface area contributed by atoms with Gasteiger partial charge in [0.2, 0.25) is 5.91 Å². The van der Waals surface area contributed by atoms with Crippen LogP contribution in [0.15, 0.2) is 24.3 Å². The van der Waals surface area contributed by atoms with E-state index in [1.165, 1.54) is 25.7 Å². The third-order valence-corrected chi connectivity index (χ3v) is 3.36.